The maximum Gasteiger partial charge on any atom is 0.224 e. The predicted octanol–water partition coefficient (Wildman–Crippen LogP) is 3.54. The quantitative estimate of drug-likeness (QED) is 0.845. The molecule has 1 fully saturated rings. The number of benzene rings is 1. The van der Waals surface area contributed by atoms with Gasteiger partial charge in [-0.15, -0.1) is 11.6 Å². The van der Waals surface area contributed by atoms with E-state index in [-0.39, 0.29) is 11.4 Å². The Labute approximate surface area is 132 Å². The number of alkyl halides is 1. The lowest BCUT2D eigenvalue weighted by Crippen LogP contribution is -2.53. The number of amides is 1. The van der Waals surface area contributed by atoms with Crippen molar-refractivity contribution in [2.75, 3.05) is 13.0 Å². The number of carbonyl (C=O) groups is 1. The predicted molar refractivity (Wildman–Crippen MR) is 85.9 cm³/mol. The SMILES string of the molecule is COc1ccc(CC(=O)NC2(CCl)CCCC(C)C2)cc1. The van der Waals surface area contributed by atoms with Gasteiger partial charge in [-0.25, -0.2) is 0 Å². The molecule has 0 bridgehead atoms. The zero-order valence-corrected chi connectivity index (χ0v) is 13.6. The van der Waals surface area contributed by atoms with Crippen LogP contribution in [0.4, 0.5) is 0 Å². The van der Waals surface area contributed by atoms with Gasteiger partial charge in [0, 0.05) is 5.88 Å². The second-order valence-corrected chi connectivity index (χ2v) is 6.46. The average Bonchev–Trinajstić information content (AvgIpc) is 2.48. The number of methoxy groups -OCH3 is 1. The molecule has 0 radical (unpaired) electrons. The van der Waals surface area contributed by atoms with Gasteiger partial charge in [-0.05, 0) is 36.5 Å². The first-order valence-electron chi connectivity index (χ1n) is 7.57. The zero-order chi connectivity index (χ0) is 15.3. The molecule has 1 amide bonds. The van der Waals surface area contributed by atoms with E-state index in [2.05, 4.69) is 12.2 Å². The van der Waals surface area contributed by atoms with Crippen molar-refractivity contribution in [3.63, 3.8) is 0 Å². The van der Waals surface area contributed by atoms with Crippen LogP contribution >= 0.6 is 11.6 Å². The fourth-order valence-electron chi connectivity index (χ4n) is 3.20. The maximum atomic E-state index is 12.3. The third kappa shape index (κ3) is 4.37. The number of halogens is 1. The number of rotatable bonds is 5. The van der Waals surface area contributed by atoms with Crippen molar-refractivity contribution >= 4 is 17.5 Å². The second kappa shape index (κ2) is 7.17. The lowest BCUT2D eigenvalue weighted by atomic mass is 9.77. The van der Waals surface area contributed by atoms with Crippen molar-refractivity contribution in [1.29, 1.82) is 0 Å². The molecule has 2 unspecified atom stereocenters. The molecule has 1 N–H and O–H groups in total. The van der Waals surface area contributed by atoms with E-state index >= 15 is 0 Å². The van der Waals surface area contributed by atoms with Gasteiger partial charge in [0.05, 0.1) is 19.1 Å². The van der Waals surface area contributed by atoms with Crippen LogP contribution in [0.3, 0.4) is 0 Å². The van der Waals surface area contributed by atoms with Gasteiger partial charge in [-0.3, -0.25) is 4.79 Å². The van der Waals surface area contributed by atoms with Gasteiger partial charge in [0.1, 0.15) is 5.75 Å². The summed E-state index contributed by atoms with van der Waals surface area (Å²) in [6.45, 7) is 2.23. The summed E-state index contributed by atoms with van der Waals surface area (Å²) in [5, 5.41) is 3.19. The summed E-state index contributed by atoms with van der Waals surface area (Å²) in [5.41, 5.74) is 0.768. The molecule has 1 aliphatic carbocycles. The van der Waals surface area contributed by atoms with Crippen LogP contribution in [0.1, 0.15) is 38.2 Å². The van der Waals surface area contributed by atoms with Crippen LogP contribution in [0.5, 0.6) is 5.75 Å². The number of nitrogens with one attached hydrogen (secondary N) is 1. The van der Waals surface area contributed by atoms with Crippen molar-refractivity contribution in [2.24, 2.45) is 5.92 Å². The molecule has 1 aromatic rings. The Morgan fingerprint density at radius 2 is 2.14 bits per heavy atom. The molecule has 4 heteroatoms. The van der Waals surface area contributed by atoms with Crippen LogP contribution in [-0.4, -0.2) is 24.4 Å². The normalized spacial score (nSPS) is 25.4. The molecular weight excluding hydrogens is 286 g/mol. The number of hydrogen-bond donors (Lipinski definition) is 1. The van der Waals surface area contributed by atoms with Crippen LogP contribution < -0.4 is 10.1 Å². The molecule has 1 aliphatic rings. The van der Waals surface area contributed by atoms with Crippen LogP contribution in [0.2, 0.25) is 0 Å². The minimum absolute atomic E-state index is 0.0508. The Kier molecular flexibility index (Phi) is 5.51. The van der Waals surface area contributed by atoms with E-state index in [9.17, 15) is 4.79 Å². The summed E-state index contributed by atoms with van der Waals surface area (Å²) in [6, 6.07) is 7.61. The number of ether oxygens (including phenoxy) is 1. The standard InChI is InChI=1S/C17H24ClNO2/c1-13-4-3-9-17(11-13,12-18)19-16(20)10-14-5-7-15(21-2)8-6-14/h5-8,13H,3-4,9-12H2,1-2H3,(H,19,20). The highest BCUT2D eigenvalue weighted by molar-refractivity contribution is 6.18. The smallest absolute Gasteiger partial charge is 0.224 e. The van der Waals surface area contributed by atoms with Gasteiger partial charge in [0.15, 0.2) is 0 Å². The first-order chi connectivity index (χ1) is 10.1. The Morgan fingerprint density at radius 1 is 1.43 bits per heavy atom. The highest BCUT2D eigenvalue weighted by Crippen LogP contribution is 2.33. The fourth-order valence-corrected chi connectivity index (χ4v) is 3.51. The molecule has 3 nitrogen and oxygen atoms in total. The van der Waals surface area contributed by atoms with E-state index < -0.39 is 0 Å². The molecule has 0 heterocycles. The van der Waals surface area contributed by atoms with Gasteiger partial charge in [0.2, 0.25) is 5.91 Å². The summed E-state index contributed by atoms with van der Waals surface area (Å²) in [7, 11) is 1.64. The molecule has 1 saturated carbocycles. The lowest BCUT2D eigenvalue weighted by Gasteiger charge is -2.39. The van der Waals surface area contributed by atoms with E-state index in [1.165, 1.54) is 6.42 Å². The monoisotopic (exact) mass is 309 g/mol. The van der Waals surface area contributed by atoms with Crippen molar-refractivity contribution in [3.8, 4) is 5.75 Å². The van der Waals surface area contributed by atoms with E-state index in [1.54, 1.807) is 7.11 Å². The lowest BCUT2D eigenvalue weighted by molar-refractivity contribution is -0.122. The topological polar surface area (TPSA) is 38.3 Å². The van der Waals surface area contributed by atoms with Gasteiger partial charge >= 0.3 is 0 Å². The molecular formula is C17H24ClNO2. The van der Waals surface area contributed by atoms with E-state index in [0.717, 1.165) is 30.6 Å². The summed E-state index contributed by atoms with van der Waals surface area (Å²) in [5.74, 6) is 1.97. The van der Waals surface area contributed by atoms with Crippen LogP contribution in [0, 0.1) is 5.92 Å². The molecule has 0 spiro atoms. The first kappa shape index (κ1) is 16.2. The third-order valence-corrected chi connectivity index (χ3v) is 4.79. The Bertz CT molecular complexity index is 474. The first-order valence-corrected chi connectivity index (χ1v) is 8.10. The molecule has 116 valence electrons. The molecule has 0 saturated heterocycles. The minimum Gasteiger partial charge on any atom is -0.497 e. The highest BCUT2D eigenvalue weighted by Gasteiger charge is 2.35. The van der Waals surface area contributed by atoms with Gasteiger partial charge in [-0.2, -0.15) is 0 Å². The van der Waals surface area contributed by atoms with E-state index in [1.807, 2.05) is 24.3 Å². The largest absolute Gasteiger partial charge is 0.497 e. The summed E-state index contributed by atoms with van der Waals surface area (Å²) in [4.78, 5) is 12.3. The second-order valence-electron chi connectivity index (χ2n) is 6.19. The Hall–Kier alpha value is -1.22. The van der Waals surface area contributed by atoms with Crippen LogP contribution in [0.25, 0.3) is 0 Å². The van der Waals surface area contributed by atoms with Gasteiger partial charge in [0.25, 0.3) is 0 Å². The van der Waals surface area contributed by atoms with Gasteiger partial charge in [-0.1, -0.05) is 31.9 Å². The summed E-state index contributed by atoms with van der Waals surface area (Å²) >= 11 is 6.16. The Morgan fingerprint density at radius 3 is 2.71 bits per heavy atom. The molecule has 2 rings (SSSR count). The molecule has 21 heavy (non-hydrogen) atoms. The van der Waals surface area contributed by atoms with Gasteiger partial charge < -0.3 is 10.1 Å². The van der Waals surface area contributed by atoms with Crippen molar-refractivity contribution in [1.82, 2.24) is 5.32 Å². The van der Waals surface area contributed by atoms with Crippen LogP contribution in [0.15, 0.2) is 24.3 Å². The number of carbonyl (C=O) groups excluding carboxylic acids is 1. The van der Waals surface area contributed by atoms with Crippen molar-refractivity contribution in [3.05, 3.63) is 29.8 Å². The van der Waals surface area contributed by atoms with E-state index in [4.69, 9.17) is 16.3 Å². The van der Waals surface area contributed by atoms with Crippen molar-refractivity contribution in [2.45, 2.75) is 44.6 Å². The number of hydrogen-bond acceptors (Lipinski definition) is 2. The van der Waals surface area contributed by atoms with Crippen molar-refractivity contribution < 1.29 is 9.53 Å². The maximum absolute atomic E-state index is 12.3. The molecule has 0 aromatic heterocycles. The highest BCUT2D eigenvalue weighted by atomic mass is 35.5. The third-order valence-electron chi connectivity index (χ3n) is 4.28. The van der Waals surface area contributed by atoms with E-state index in [0.29, 0.717) is 18.2 Å². The summed E-state index contributed by atoms with van der Waals surface area (Å²) in [6.07, 6.45) is 4.71. The van der Waals surface area contributed by atoms with Crippen LogP contribution in [-0.2, 0) is 11.2 Å². The average molecular weight is 310 g/mol. The molecule has 2 atom stereocenters. The summed E-state index contributed by atoms with van der Waals surface area (Å²) < 4.78 is 5.12. The Balaban J connectivity index is 1.95. The molecule has 0 aliphatic heterocycles. The molecule has 1 aromatic carbocycles. The minimum atomic E-state index is -0.219. The zero-order valence-electron chi connectivity index (χ0n) is 12.8. The fraction of sp³-hybridized carbons (Fsp3) is 0.588.